The Kier molecular flexibility index (Phi) is 9.20. The van der Waals surface area contributed by atoms with Crippen molar-refractivity contribution in [2.75, 3.05) is 0 Å². The van der Waals surface area contributed by atoms with Crippen molar-refractivity contribution in [2.45, 2.75) is 0 Å². The zero-order valence-corrected chi connectivity index (χ0v) is 40.8. The van der Waals surface area contributed by atoms with E-state index < -0.39 is 0 Å². The fourth-order valence-corrected chi connectivity index (χ4v) is 12.1. The van der Waals surface area contributed by atoms with Crippen LogP contribution < -0.4 is 0 Å². The average Bonchev–Trinajstić information content (AvgIpc) is 4.39. The molecule has 7 heteroatoms. The summed E-state index contributed by atoms with van der Waals surface area (Å²) in [5.41, 5.74) is 15.6. The molecule has 0 bridgehead atoms. The zero-order chi connectivity index (χ0) is 49.8. The van der Waals surface area contributed by atoms with Gasteiger partial charge in [0.15, 0.2) is 17.5 Å². The number of para-hydroxylation sites is 6. The first-order chi connectivity index (χ1) is 37.7. The van der Waals surface area contributed by atoms with Gasteiger partial charge in [0, 0.05) is 71.4 Å². The second kappa shape index (κ2) is 16.6. The normalized spacial score (nSPS) is 11.9. The van der Waals surface area contributed by atoms with Crippen molar-refractivity contribution >= 4 is 87.4 Å². The van der Waals surface area contributed by atoms with Crippen LogP contribution in [0.2, 0.25) is 0 Å². The van der Waals surface area contributed by atoms with Crippen LogP contribution in [0.1, 0.15) is 0 Å². The van der Waals surface area contributed by atoms with Crippen LogP contribution in [-0.2, 0) is 0 Å². The summed E-state index contributed by atoms with van der Waals surface area (Å²) in [6.07, 6.45) is 0. The lowest BCUT2D eigenvalue weighted by Gasteiger charge is -2.20. The van der Waals surface area contributed by atoms with E-state index in [4.69, 9.17) is 19.4 Å². The first-order valence-electron chi connectivity index (χ1n) is 25.7. The van der Waals surface area contributed by atoms with Crippen LogP contribution in [0.5, 0.6) is 0 Å². The molecule has 16 aromatic rings. The Morgan fingerprint density at radius 1 is 0.276 bits per heavy atom. The van der Waals surface area contributed by atoms with Crippen molar-refractivity contribution in [1.29, 1.82) is 0 Å². The van der Waals surface area contributed by atoms with Crippen molar-refractivity contribution in [1.82, 2.24) is 28.7 Å². The van der Waals surface area contributed by atoms with Crippen LogP contribution in [0.4, 0.5) is 0 Å². The third-order valence-electron chi connectivity index (χ3n) is 15.3. The van der Waals surface area contributed by atoms with Gasteiger partial charge in [-0.1, -0.05) is 200 Å². The van der Waals surface area contributed by atoms with Crippen LogP contribution in [-0.4, -0.2) is 28.7 Å². The molecule has 0 saturated carbocycles. The molecule has 0 aliphatic rings. The van der Waals surface area contributed by atoms with Gasteiger partial charge in [-0.25, -0.2) is 15.0 Å². The highest BCUT2D eigenvalue weighted by atomic mass is 16.3. The second-order valence-electron chi connectivity index (χ2n) is 19.5. The van der Waals surface area contributed by atoms with Crippen LogP contribution in [0.25, 0.3) is 150 Å². The summed E-state index contributed by atoms with van der Waals surface area (Å²) >= 11 is 0. The van der Waals surface area contributed by atoms with Crippen LogP contribution >= 0.6 is 0 Å². The lowest BCUT2D eigenvalue weighted by molar-refractivity contribution is 0.668. The molecule has 354 valence electrons. The van der Waals surface area contributed by atoms with E-state index in [9.17, 15) is 0 Å². The number of nitrogens with zero attached hydrogens (tertiary/aromatic N) is 6. The Bertz CT molecular complexity index is 4770. The summed E-state index contributed by atoms with van der Waals surface area (Å²) < 4.78 is 14.8. The van der Waals surface area contributed by atoms with E-state index in [2.05, 4.69) is 232 Å². The highest BCUT2D eigenvalue weighted by Gasteiger charge is 2.29. The molecule has 5 aromatic heterocycles. The van der Waals surface area contributed by atoms with Crippen LogP contribution in [0.15, 0.2) is 259 Å². The maximum atomic E-state index is 7.46. The number of fused-ring (bicyclic) bond motifs is 12. The predicted molar refractivity (Wildman–Crippen MR) is 312 cm³/mol. The quantitative estimate of drug-likeness (QED) is 0.160. The van der Waals surface area contributed by atoms with E-state index >= 15 is 0 Å². The van der Waals surface area contributed by atoms with Gasteiger partial charge >= 0.3 is 0 Å². The molecular formula is C69H42N6O. The van der Waals surface area contributed by atoms with Gasteiger partial charge in [0.2, 0.25) is 0 Å². The molecule has 7 nitrogen and oxygen atoms in total. The summed E-state index contributed by atoms with van der Waals surface area (Å²) in [4.78, 5) is 16.1. The Morgan fingerprint density at radius 2 is 0.618 bits per heavy atom. The van der Waals surface area contributed by atoms with E-state index in [-0.39, 0.29) is 0 Å². The average molecular weight is 971 g/mol. The third-order valence-corrected chi connectivity index (χ3v) is 15.3. The minimum atomic E-state index is 0.529. The molecule has 0 aliphatic heterocycles. The van der Waals surface area contributed by atoms with Crippen molar-refractivity contribution in [2.24, 2.45) is 0 Å². The first-order valence-corrected chi connectivity index (χ1v) is 25.7. The highest BCUT2D eigenvalue weighted by Crippen LogP contribution is 2.49. The Balaban J connectivity index is 1.12. The van der Waals surface area contributed by atoms with Crippen molar-refractivity contribution in [3.8, 4) is 62.4 Å². The molecule has 5 heterocycles. The van der Waals surface area contributed by atoms with Gasteiger partial charge in [0.25, 0.3) is 0 Å². The Morgan fingerprint density at radius 3 is 1.04 bits per heavy atom. The number of rotatable bonds is 7. The van der Waals surface area contributed by atoms with Gasteiger partial charge in [-0.2, -0.15) is 0 Å². The van der Waals surface area contributed by atoms with Gasteiger partial charge in [0.05, 0.1) is 50.2 Å². The molecule has 16 rings (SSSR count). The molecule has 0 fully saturated rings. The molecule has 0 spiro atoms. The molecule has 11 aromatic carbocycles. The summed E-state index contributed by atoms with van der Waals surface area (Å²) in [5, 5.41) is 9.01. The first kappa shape index (κ1) is 42.2. The summed E-state index contributed by atoms with van der Waals surface area (Å²) in [6.45, 7) is 0. The van der Waals surface area contributed by atoms with Gasteiger partial charge in [0.1, 0.15) is 11.2 Å². The molecule has 0 amide bonds. The standard InChI is InChI=1S/C69H42N6O/c1-4-22-43(23-5-1)64-65-52-40-60(73-54-34-16-10-28-46(54)47-29-11-17-35-55(47)73)61(74-56-36-18-12-30-48(56)49-31-13-19-37-57(49)74)42-62(52)76-63(65)41-53(66(64)75-58-38-20-14-32-50(58)51-33-15-21-39-59(51)75)69-71-67(44-24-6-2-7-25-44)70-68(72-69)45-26-8-3-9-27-45/h1-42H. The maximum absolute atomic E-state index is 7.46. The fraction of sp³-hybridized carbons (Fsp3) is 0. The van der Waals surface area contributed by atoms with E-state index in [1.165, 1.54) is 21.5 Å². The number of hydrogen-bond acceptors (Lipinski definition) is 4. The Labute approximate surface area is 435 Å². The van der Waals surface area contributed by atoms with Gasteiger partial charge in [-0.15, -0.1) is 0 Å². The largest absolute Gasteiger partial charge is 0.456 e. The molecule has 76 heavy (non-hydrogen) atoms. The van der Waals surface area contributed by atoms with E-state index in [0.717, 1.165) is 105 Å². The Hall–Kier alpha value is -10.4. The monoisotopic (exact) mass is 970 g/mol. The summed E-state index contributed by atoms with van der Waals surface area (Å²) in [7, 11) is 0. The molecule has 0 N–H and O–H groups in total. The summed E-state index contributed by atoms with van der Waals surface area (Å²) in [5.74, 6) is 1.69. The number of hydrogen-bond donors (Lipinski definition) is 0. The molecule has 0 radical (unpaired) electrons. The van der Waals surface area contributed by atoms with Crippen LogP contribution in [0, 0.1) is 0 Å². The van der Waals surface area contributed by atoms with Gasteiger partial charge < -0.3 is 18.1 Å². The SMILES string of the molecule is c1ccc(-c2nc(-c3ccccc3)nc(-c3cc4oc5cc(-n6c7ccccc7c7ccccc76)c(-n6c7ccccc7c7ccccc76)cc5c4c(-c4ccccc4)c3-n3c4ccccc4c4ccccc43)n2)cc1. The smallest absolute Gasteiger partial charge is 0.166 e. The van der Waals surface area contributed by atoms with Crippen LogP contribution in [0.3, 0.4) is 0 Å². The number of aromatic nitrogens is 6. The van der Waals surface area contributed by atoms with E-state index in [1.54, 1.807) is 0 Å². The molecule has 0 saturated heterocycles. The molecule has 0 aliphatic carbocycles. The van der Waals surface area contributed by atoms with Crippen molar-refractivity contribution in [3.05, 3.63) is 255 Å². The molecule has 0 unspecified atom stereocenters. The maximum Gasteiger partial charge on any atom is 0.166 e. The fourth-order valence-electron chi connectivity index (χ4n) is 12.1. The number of furan rings is 1. The topological polar surface area (TPSA) is 66.6 Å². The molecular weight excluding hydrogens is 929 g/mol. The lowest BCUT2D eigenvalue weighted by atomic mass is 9.93. The van der Waals surface area contributed by atoms with Crippen molar-refractivity contribution in [3.63, 3.8) is 0 Å². The van der Waals surface area contributed by atoms with Crippen molar-refractivity contribution < 1.29 is 4.42 Å². The van der Waals surface area contributed by atoms with Gasteiger partial charge in [-0.3, -0.25) is 0 Å². The minimum absolute atomic E-state index is 0.529. The highest BCUT2D eigenvalue weighted by molar-refractivity contribution is 6.20. The van der Waals surface area contributed by atoms with E-state index in [1.807, 2.05) is 36.4 Å². The third kappa shape index (κ3) is 6.26. The summed E-state index contributed by atoms with van der Waals surface area (Å²) in [6, 6.07) is 90.3. The minimum Gasteiger partial charge on any atom is -0.456 e. The van der Waals surface area contributed by atoms with Gasteiger partial charge in [-0.05, 0) is 54.1 Å². The zero-order valence-electron chi connectivity index (χ0n) is 40.8. The number of benzene rings is 11. The lowest BCUT2D eigenvalue weighted by Crippen LogP contribution is -2.06. The molecule has 0 atom stereocenters. The van der Waals surface area contributed by atoms with E-state index in [0.29, 0.717) is 23.1 Å². The second-order valence-corrected chi connectivity index (χ2v) is 19.5. The predicted octanol–water partition coefficient (Wildman–Crippen LogP) is 17.7.